The minimum atomic E-state index is 0.536. The molecule has 6 nitrogen and oxygen atoms in total. The third-order valence-corrected chi connectivity index (χ3v) is 14.9. The number of rotatable bonds is 5. The molecule has 68 heavy (non-hydrogen) atoms. The maximum Gasteiger partial charge on any atom is 0.167 e. The summed E-state index contributed by atoms with van der Waals surface area (Å²) in [6.45, 7) is 0. The van der Waals surface area contributed by atoms with Gasteiger partial charge in [-0.25, -0.2) is 15.0 Å². The lowest BCUT2D eigenvalue weighted by molar-refractivity contribution is 0.669. The van der Waals surface area contributed by atoms with Crippen LogP contribution < -0.4 is 0 Å². The monoisotopic (exact) mass is 885 g/mol. The van der Waals surface area contributed by atoms with Crippen molar-refractivity contribution < 1.29 is 4.42 Å². The minimum Gasteiger partial charge on any atom is -0.455 e. The highest BCUT2D eigenvalue weighted by Crippen LogP contribution is 2.45. The van der Waals surface area contributed by atoms with Gasteiger partial charge in [-0.05, 0) is 83.6 Å². The molecule has 0 bridgehead atoms. The average Bonchev–Trinajstić information content (AvgIpc) is 4.16. The van der Waals surface area contributed by atoms with Crippen LogP contribution in [0.2, 0.25) is 0 Å². The molecule has 5 aromatic heterocycles. The number of furan rings is 1. The van der Waals surface area contributed by atoms with Crippen LogP contribution in [-0.2, 0) is 0 Å². The first kappa shape index (κ1) is 37.3. The fraction of sp³-hybridized carbons (Fsp3) is 0. The van der Waals surface area contributed by atoms with E-state index in [9.17, 15) is 0 Å². The summed E-state index contributed by atoms with van der Waals surface area (Å²) in [7, 11) is 0. The van der Waals surface area contributed by atoms with Crippen LogP contribution in [0.3, 0.4) is 0 Å². The van der Waals surface area contributed by atoms with Gasteiger partial charge in [-0.2, -0.15) is 0 Å². The molecule has 0 aliphatic carbocycles. The van der Waals surface area contributed by atoms with Gasteiger partial charge in [-0.1, -0.05) is 140 Å². The van der Waals surface area contributed by atoms with E-state index in [4.69, 9.17) is 19.4 Å². The quantitative estimate of drug-likeness (QED) is 0.173. The van der Waals surface area contributed by atoms with Crippen molar-refractivity contribution in [2.45, 2.75) is 0 Å². The zero-order chi connectivity index (χ0) is 44.5. The van der Waals surface area contributed by atoms with Gasteiger partial charge < -0.3 is 13.6 Å². The molecule has 0 saturated heterocycles. The highest BCUT2D eigenvalue weighted by atomic mass is 32.1. The van der Waals surface area contributed by atoms with Crippen molar-refractivity contribution in [1.82, 2.24) is 24.1 Å². The molecule has 0 N–H and O–H groups in total. The van der Waals surface area contributed by atoms with Gasteiger partial charge in [0.05, 0.1) is 38.7 Å². The Bertz CT molecular complexity index is 4580. The molecule has 0 radical (unpaired) electrons. The van der Waals surface area contributed by atoms with Crippen molar-refractivity contribution in [3.05, 3.63) is 212 Å². The average molecular weight is 886 g/mol. The van der Waals surface area contributed by atoms with Crippen molar-refractivity contribution in [3.8, 4) is 45.5 Å². The van der Waals surface area contributed by atoms with E-state index < -0.39 is 0 Å². The number of aromatic nitrogens is 5. The Balaban J connectivity index is 1.04. The van der Waals surface area contributed by atoms with Gasteiger partial charge in [0.2, 0.25) is 0 Å². The number of fused-ring (bicyclic) bond motifs is 13. The summed E-state index contributed by atoms with van der Waals surface area (Å²) in [6, 6.07) is 75.4. The summed E-state index contributed by atoms with van der Waals surface area (Å²) >= 11 is 1.79. The maximum absolute atomic E-state index is 7.04. The van der Waals surface area contributed by atoms with Gasteiger partial charge in [-0.3, -0.25) is 0 Å². The van der Waals surface area contributed by atoms with E-state index in [2.05, 4.69) is 215 Å². The third-order valence-electron chi connectivity index (χ3n) is 13.8. The molecule has 0 amide bonds. The molecule has 316 valence electrons. The second-order valence-corrected chi connectivity index (χ2v) is 18.6. The summed E-state index contributed by atoms with van der Waals surface area (Å²) in [6.07, 6.45) is 0. The third kappa shape index (κ3) is 5.36. The molecule has 0 aliphatic rings. The Morgan fingerprint density at radius 1 is 0.353 bits per heavy atom. The van der Waals surface area contributed by atoms with Crippen LogP contribution in [0.1, 0.15) is 0 Å². The Morgan fingerprint density at radius 2 is 0.941 bits per heavy atom. The Morgan fingerprint density at radius 3 is 1.75 bits per heavy atom. The van der Waals surface area contributed by atoms with Gasteiger partial charge in [0.15, 0.2) is 17.5 Å². The molecule has 0 aliphatic heterocycles. The first-order valence-corrected chi connectivity index (χ1v) is 23.7. The first-order chi connectivity index (χ1) is 33.7. The summed E-state index contributed by atoms with van der Waals surface area (Å²) in [5, 5.41) is 11.3. The molecule has 10 aromatic carbocycles. The molecule has 5 heterocycles. The molecule has 7 heteroatoms. The summed E-state index contributed by atoms with van der Waals surface area (Å²) in [4.78, 5) is 16.5. The van der Waals surface area contributed by atoms with Gasteiger partial charge in [0.1, 0.15) is 11.2 Å². The van der Waals surface area contributed by atoms with E-state index in [0.29, 0.717) is 17.5 Å². The number of nitrogens with zero attached hydrogens (tertiary/aromatic N) is 5. The molecular weight excluding hydrogens is 851 g/mol. The van der Waals surface area contributed by atoms with E-state index in [1.807, 2.05) is 6.07 Å². The van der Waals surface area contributed by atoms with Gasteiger partial charge in [-0.15, -0.1) is 11.3 Å². The Labute approximate surface area is 392 Å². The molecule has 0 atom stereocenters. The molecule has 0 unspecified atom stereocenters. The normalized spacial score (nSPS) is 12.1. The van der Waals surface area contributed by atoms with Crippen molar-refractivity contribution in [2.24, 2.45) is 0 Å². The highest BCUT2D eigenvalue weighted by Gasteiger charge is 2.25. The topological polar surface area (TPSA) is 61.7 Å². The summed E-state index contributed by atoms with van der Waals surface area (Å²) in [5.74, 6) is 1.73. The van der Waals surface area contributed by atoms with Crippen LogP contribution >= 0.6 is 11.3 Å². The Kier molecular flexibility index (Phi) is 7.85. The molecule has 0 fully saturated rings. The predicted molar refractivity (Wildman–Crippen MR) is 282 cm³/mol. The summed E-state index contributed by atoms with van der Waals surface area (Å²) in [5.41, 5.74) is 10.8. The number of para-hydroxylation sites is 4. The second kappa shape index (κ2) is 14.3. The van der Waals surface area contributed by atoms with Gasteiger partial charge in [0.25, 0.3) is 0 Å². The van der Waals surface area contributed by atoms with Crippen LogP contribution in [-0.4, -0.2) is 24.1 Å². The lowest BCUT2D eigenvalue weighted by Gasteiger charge is -2.13. The summed E-state index contributed by atoms with van der Waals surface area (Å²) < 4.78 is 14.2. The fourth-order valence-electron chi connectivity index (χ4n) is 10.8. The highest BCUT2D eigenvalue weighted by molar-refractivity contribution is 7.25. The molecule has 0 spiro atoms. The van der Waals surface area contributed by atoms with E-state index >= 15 is 0 Å². The number of benzene rings is 10. The predicted octanol–water partition coefficient (Wildman–Crippen LogP) is 16.5. The van der Waals surface area contributed by atoms with Crippen molar-refractivity contribution in [3.63, 3.8) is 0 Å². The molecule has 15 rings (SSSR count). The van der Waals surface area contributed by atoms with Gasteiger partial charge >= 0.3 is 0 Å². The number of thiophene rings is 1. The van der Waals surface area contributed by atoms with Gasteiger partial charge in [0, 0.05) is 63.9 Å². The number of hydrogen-bond donors (Lipinski definition) is 0. The number of hydrogen-bond acceptors (Lipinski definition) is 5. The molecule has 15 aromatic rings. The van der Waals surface area contributed by atoms with Crippen LogP contribution in [0.5, 0.6) is 0 Å². The lowest BCUT2D eigenvalue weighted by atomic mass is 10.0. The largest absolute Gasteiger partial charge is 0.455 e. The van der Waals surface area contributed by atoms with Crippen LogP contribution in [0, 0.1) is 0 Å². The van der Waals surface area contributed by atoms with Crippen LogP contribution in [0.25, 0.3) is 142 Å². The maximum atomic E-state index is 7.04. The lowest BCUT2D eigenvalue weighted by Crippen LogP contribution is -2.02. The zero-order valence-electron chi connectivity index (χ0n) is 36.3. The van der Waals surface area contributed by atoms with E-state index in [1.54, 1.807) is 11.3 Å². The minimum absolute atomic E-state index is 0.536. The van der Waals surface area contributed by atoms with Crippen molar-refractivity contribution in [1.29, 1.82) is 0 Å². The molecular formula is C61H35N5OS. The standard InChI is InChI=1S/C61H35N5OS/c1-2-18-38(19-3-1)65-48-27-11-7-21-40(48)55-43(24-14-28-49(55)65)59-62-60(44-25-15-31-54-56(44)42-23-9-13-30-53(42)68-54)64-61(63-59)45-32-33-50(57-41-22-8-12-29-52(41)67-58(45)57)66-47-26-10-6-20-39(47)46-34-36-16-4-5-17-37(36)35-51(46)66/h1-35H. The van der Waals surface area contributed by atoms with E-state index in [0.717, 1.165) is 88.2 Å². The SMILES string of the molecule is c1ccc(-n2c3ccccc3c3c(-c4nc(-c5ccc(-n6c7ccccc7c7cc8ccccc8cc76)c6c5oc5ccccc56)nc(-c5cccc6sc7ccccc7c56)n4)cccc32)cc1. The Hall–Kier alpha value is -8.91. The second-order valence-electron chi connectivity index (χ2n) is 17.5. The van der Waals surface area contributed by atoms with E-state index in [-0.39, 0.29) is 0 Å². The fourth-order valence-corrected chi connectivity index (χ4v) is 12.0. The first-order valence-electron chi connectivity index (χ1n) is 22.9. The van der Waals surface area contributed by atoms with Crippen molar-refractivity contribution >= 4 is 108 Å². The van der Waals surface area contributed by atoms with Crippen molar-refractivity contribution in [2.75, 3.05) is 0 Å². The molecule has 0 saturated carbocycles. The van der Waals surface area contributed by atoms with Crippen LogP contribution in [0.4, 0.5) is 0 Å². The zero-order valence-corrected chi connectivity index (χ0v) is 37.1. The smallest absolute Gasteiger partial charge is 0.167 e. The van der Waals surface area contributed by atoms with E-state index in [1.165, 1.54) is 36.3 Å². The van der Waals surface area contributed by atoms with Crippen LogP contribution in [0.15, 0.2) is 217 Å².